The highest BCUT2D eigenvalue weighted by Gasteiger charge is 2.36. The quantitative estimate of drug-likeness (QED) is 0.824. The third-order valence-electron chi connectivity index (χ3n) is 4.07. The van der Waals surface area contributed by atoms with E-state index in [4.69, 9.17) is 0 Å². The van der Waals surface area contributed by atoms with Gasteiger partial charge in [0.05, 0.1) is 11.4 Å². The first kappa shape index (κ1) is 15.0. The van der Waals surface area contributed by atoms with Crippen LogP contribution in [0.5, 0.6) is 0 Å². The maximum absolute atomic E-state index is 12.4. The standard InChI is InChI=1S/C15H18N2O4S/c18-14-8-11-22(20,21)17(14)13-6-4-12(5-7-13)15(19)16-9-2-1-3-10-16/h4-7H,1-3,8-11H2. The molecule has 2 heterocycles. The number of amides is 2. The van der Waals surface area contributed by atoms with Crippen molar-refractivity contribution >= 4 is 27.5 Å². The summed E-state index contributed by atoms with van der Waals surface area (Å²) in [7, 11) is -3.55. The minimum atomic E-state index is -3.55. The highest BCUT2D eigenvalue weighted by atomic mass is 32.2. The fourth-order valence-corrected chi connectivity index (χ4v) is 4.35. The van der Waals surface area contributed by atoms with Crippen molar-refractivity contribution in [1.29, 1.82) is 0 Å². The molecule has 0 bridgehead atoms. The summed E-state index contributed by atoms with van der Waals surface area (Å²) < 4.78 is 24.6. The van der Waals surface area contributed by atoms with Crippen molar-refractivity contribution in [3.63, 3.8) is 0 Å². The summed E-state index contributed by atoms with van der Waals surface area (Å²) in [5.41, 5.74) is 0.826. The molecule has 22 heavy (non-hydrogen) atoms. The Morgan fingerprint density at radius 2 is 1.64 bits per heavy atom. The van der Waals surface area contributed by atoms with Gasteiger partial charge in [0.2, 0.25) is 15.9 Å². The molecule has 1 aromatic carbocycles. The van der Waals surface area contributed by atoms with E-state index in [1.807, 2.05) is 4.90 Å². The van der Waals surface area contributed by atoms with Gasteiger partial charge >= 0.3 is 0 Å². The first-order chi connectivity index (χ1) is 10.5. The average molecular weight is 322 g/mol. The van der Waals surface area contributed by atoms with Crippen molar-refractivity contribution < 1.29 is 18.0 Å². The number of carbonyl (C=O) groups excluding carboxylic acids is 2. The van der Waals surface area contributed by atoms with Crippen LogP contribution in [0.2, 0.25) is 0 Å². The molecule has 6 nitrogen and oxygen atoms in total. The molecule has 0 radical (unpaired) electrons. The number of likely N-dealkylation sites (tertiary alicyclic amines) is 1. The lowest BCUT2D eigenvalue weighted by atomic mass is 10.1. The average Bonchev–Trinajstić information content (AvgIpc) is 2.81. The molecule has 2 aliphatic heterocycles. The van der Waals surface area contributed by atoms with Crippen LogP contribution in [0, 0.1) is 0 Å². The Kier molecular flexibility index (Phi) is 3.90. The van der Waals surface area contributed by atoms with E-state index in [0.717, 1.165) is 36.7 Å². The molecule has 2 aliphatic rings. The van der Waals surface area contributed by atoms with Crippen LogP contribution in [0.15, 0.2) is 24.3 Å². The van der Waals surface area contributed by atoms with E-state index in [0.29, 0.717) is 11.3 Å². The first-order valence-corrected chi connectivity index (χ1v) is 9.05. The summed E-state index contributed by atoms with van der Waals surface area (Å²) in [5.74, 6) is -0.614. The van der Waals surface area contributed by atoms with Crippen molar-refractivity contribution in [2.24, 2.45) is 0 Å². The molecule has 1 aromatic rings. The van der Waals surface area contributed by atoms with Crippen LogP contribution in [0.4, 0.5) is 5.69 Å². The van der Waals surface area contributed by atoms with Crippen LogP contribution in [-0.2, 0) is 14.8 Å². The summed E-state index contributed by atoms with van der Waals surface area (Å²) >= 11 is 0. The van der Waals surface area contributed by atoms with Crippen molar-refractivity contribution in [3.8, 4) is 0 Å². The SMILES string of the molecule is O=C(c1ccc(N2C(=O)CCS2(=O)=O)cc1)N1CCCCC1. The zero-order valence-electron chi connectivity index (χ0n) is 12.2. The smallest absolute Gasteiger partial charge is 0.253 e. The third kappa shape index (κ3) is 2.72. The largest absolute Gasteiger partial charge is 0.339 e. The summed E-state index contributed by atoms with van der Waals surface area (Å²) in [6.45, 7) is 1.53. The molecule has 0 saturated carbocycles. The highest BCUT2D eigenvalue weighted by molar-refractivity contribution is 7.94. The van der Waals surface area contributed by atoms with E-state index in [-0.39, 0.29) is 18.1 Å². The molecular weight excluding hydrogens is 304 g/mol. The van der Waals surface area contributed by atoms with Gasteiger partial charge in [-0.05, 0) is 43.5 Å². The van der Waals surface area contributed by atoms with E-state index in [1.54, 1.807) is 12.1 Å². The van der Waals surface area contributed by atoms with Crippen LogP contribution in [-0.4, -0.2) is 44.0 Å². The summed E-state index contributed by atoms with van der Waals surface area (Å²) in [6, 6.07) is 6.23. The Bertz CT molecular complexity index is 691. The van der Waals surface area contributed by atoms with Crippen LogP contribution < -0.4 is 4.31 Å². The minimum absolute atomic E-state index is 0.0107. The molecule has 0 atom stereocenters. The summed E-state index contributed by atoms with van der Waals surface area (Å²) in [6.07, 6.45) is 3.20. The predicted octanol–water partition coefficient (Wildman–Crippen LogP) is 1.38. The van der Waals surface area contributed by atoms with Crippen LogP contribution in [0.1, 0.15) is 36.0 Å². The minimum Gasteiger partial charge on any atom is -0.339 e. The van der Waals surface area contributed by atoms with Gasteiger partial charge in [-0.3, -0.25) is 9.59 Å². The van der Waals surface area contributed by atoms with E-state index in [2.05, 4.69) is 0 Å². The monoisotopic (exact) mass is 322 g/mol. The molecule has 7 heteroatoms. The predicted molar refractivity (Wildman–Crippen MR) is 82.1 cm³/mol. The van der Waals surface area contributed by atoms with Crippen molar-refractivity contribution in [2.75, 3.05) is 23.1 Å². The zero-order valence-corrected chi connectivity index (χ0v) is 13.0. The fourth-order valence-electron chi connectivity index (χ4n) is 2.89. The molecule has 0 unspecified atom stereocenters. The molecule has 2 saturated heterocycles. The zero-order chi connectivity index (χ0) is 15.7. The second-order valence-electron chi connectivity index (χ2n) is 5.62. The lowest BCUT2D eigenvalue weighted by Crippen LogP contribution is -2.35. The number of benzene rings is 1. The lowest BCUT2D eigenvalue weighted by Gasteiger charge is -2.26. The number of hydrogen-bond acceptors (Lipinski definition) is 4. The summed E-state index contributed by atoms with van der Waals surface area (Å²) in [5, 5.41) is 0. The number of nitrogens with zero attached hydrogens (tertiary/aromatic N) is 2. The van der Waals surface area contributed by atoms with Gasteiger partial charge in [-0.1, -0.05) is 0 Å². The Balaban J connectivity index is 1.81. The normalized spacial score (nSPS) is 21.2. The van der Waals surface area contributed by atoms with Gasteiger partial charge < -0.3 is 4.90 Å². The van der Waals surface area contributed by atoms with Crippen molar-refractivity contribution in [3.05, 3.63) is 29.8 Å². The van der Waals surface area contributed by atoms with Crippen LogP contribution >= 0.6 is 0 Å². The number of anilines is 1. The summed E-state index contributed by atoms with van der Waals surface area (Å²) in [4.78, 5) is 25.9. The molecule has 2 amide bonds. The van der Waals surface area contributed by atoms with Gasteiger partial charge in [0.25, 0.3) is 5.91 Å². The Labute approximate surface area is 129 Å². The molecule has 3 rings (SSSR count). The second-order valence-corrected chi connectivity index (χ2v) is 7.56. The molecular formula is C15H18N2O4S. The molecule has 2 fully saturated rings. The highest BCUT2D eigenvalue weighted by Crippen LogP contribution is 2.25. The Morgan fingerprint density at radius 3 is 2.18 bits per heavy atom. The van der Waals surface area contributed by atoms with Crippen molar-refractivity contribution in [1.82, 2.24) is 4.90 Å². The van der Waals surface area contributed by atoms with Gasteiger partial charge in [0, 0.05) is 25.1 Å². The number of sulfonamides is 1. The molecule has 0 spiro atoms. The third-order valence-corrected chi connectivity index (χ3v) is 5.76. The lowest BCUT2D eigenvalue weighted by molar-refractivity contribution is -0.116. The van der Waals surface area contributed by atoms with E-state index < -0.39 is 15.9 Å². The maximum Gasteiger partial charge on any atom is 0.253 e. The number of hydrogen-bond donors (Lipinski definition) is 0. The van der Waals surface area contributed by atoms with Crippen LogP contribution in [0.3, 0.4) is 0 Å². The van der Waals surface area contributed by atoms with Gasteiger partial charge in [0.15, 0.2) is 0 Å². The van der Waals surface area contributed by atoms with E-state index >= 15 is 0 Å². The molecule has 0 aliphatic carbocycles. The van der Waals surface area contributed by atoms with Gasteiger partial charge in [-0.25, -0.2) is 12.7 Å². The van der Waals surface area contributed by atoms with E-state index in [1.165, 1.54) is 12.1 Å². The van der Waals surface area contributed by atoms with Gasteiger partial charge in [0.1, 0.15) is 0 Å². The number of piperidine rings is 1. The number of rotatable bonds is 2. The van der Waals surface area contributed by atoms with E-state index in [9.17, 15) is 18.0 Å². The number of carbonyl (C=O) groups is 2. The van der Waals surface area contributed by atoms with Gasteiger partial charge in [-0.15, -0.1) is 0 Å². The van der Waals surface area contributed by atoms with Crippen molar-refractivity contribution in [2.45, 2.75) is 25.7 Å². The Morgan fingerprint density at radius 1 is 1.00 bits per heavy atom. The molecule has 0 N–H and O–H groups in total. The first-order valence-electron chi connectivity index (χ1n) is 7.44. The van der Waals surface area contributed by atoms with Crippen LogP contribution in [0.25, 0.3) is 0 Å². The Hall–Kier alpha value is -1.89. The fraction of sp³-hybridized carbons (Fsp3) is 0.467. The second kappa shape index (κ2) is 5.72. The van der Waals surface area contributed by atoms with Gasteiger partial charge in [-0.2, -0.15) is 0 Å². The maximum atomic E-state index is 12.4. The topological polar surface area (TPSA) is 74.8 Å². The molecule has 118 valence electrons. The molecule has 0 aromatic heterocycles.